The average molecular weight is 376 g/mol. The van der Waals surface area contributed by atoms with E-state index in [2.05, 4.69) is 19.7 Å². The lowest BCUT2D eigenvalue weighted by molar-refractivity contribution is -0.0498. The summed E-state index contributed by atoms with van der Waals surface area (Å²) in [5, 5.41) is 8.23. The van der Waals surface area contributed by atoms with Crippen molar-refractivity contribution in [1.29, 1.82) is 0 Å². The lowest BCUT2D eigenvalue weighted by atomic mass is 10.1. The summed E-state index contributed by atoms with van der Waals surface area (Å²) in [4.78, 5) is 24.6. The molecule has 0 unspecified atom stereocenters. The molecule has 0 aliphatic heterocycles. The number of methoxy groups -OCH3 is 1. The van der Waals surface area contributed by atoms with Crippen LogP contribution in [0.3, 0.4) is 0 Å². The van der Waals surface area contributed by atoms with Gasteiger partial charge in [-0.3, -0.25) is 9.48 Å². The lowest BCUT2D eigenvalue weighted by Gasteiger charge is -2.09. The number of nitrogens with zero attached hydrogens (tertiary/aromatic N) is 4. The number of alkyl halides is 2. The molecule has 0 saturated carbocycles. The number of rotatable bonds is 5. The van der Waals surface area contributed by atoms with E-state index < -0.39 is 18.1 Å². The van der Waals surface area contributed by atoms with Gasteiger partial charge in [0.1, 0.15) is 17.0 Å². The van der Waals surface area contributed by atoms with E-state index in [9.17, 15) is 18.4 Å². The van der Waals surface area contributed by atoms with Crippen molar-refractivity contribution in [1.82, 2.24) is 19.6 Å². The van der Waals surface area contributed by atoms with Crippen LogP contribution in [0.4, 0.5) is 8.78 Å². The van der Waals surface area contributed by atoms with Crippen molar-refractivity contribution in [2.75, 3.05) is 7.11 Å². The number of ether oxygens (including phenoxy) is 2. The summed E-state index contributed by atoms with van der Waals surface area (Å²) >= 11 is 0. The van der Waals surface area contributed by atoms with Gasteiger partial charge in [0.05, 0.1) is 25.2 Å². The maximum atomic E-state index is 12.6. The Morgan fingerprint density at radius 2 is 1.93 bits per heavy atom. The van der Waals surface area contributed by atoms with E-state index in [0.29, 0.717) is 11.3 Å². The minimum atomic E-state index is -2.94. The maximum absolute atomic E-state index is 12.6. The molecule has 2 heterocycles. The zero-order chi connectivity index (χ0) is 19.6. The molecule has 0 spiro atoms. The van der Waals surface area contributed by atoms with Crippen LogP contribution in [-0.4, -0.2) is 39.3 Å². The van der Waals surface area contributed by atoms with Gasteiger partial charge in [-0.15, -0.1) is 0 Å². The van der Waals surface area contributed by atoms with Gasteiger partial charge in [-0.05, 0) is 30.3 Å². The summed E-state index contributed by atoms with van der Waals surface area (Å²) in [5.74, 6) is -0.846. The Labute approximate surface area is 151 Å². The van der Waals surface area contributed by atoms with Crippen LogP contribution >= 0.6 is 0 Å². The van der Waals surface area contributed by atoms with Crippen molar-refractivity contribution in [2.45, 2.75) is 6.61 Å². The predicted molar refractivity (Wildman–Crippen MR) is 90.0 cm³/mol. The van der Waals surface area contributed by atoms with Crippen LogP contribution in [0.15, 0.2) is 47.5 Å². The number of hydrogen-bond donors (Lipinski definition) is 0. The summed E-state index contributed by atoms with van der Waals surface area (Å²) in [6.45, 7) is -2.94. The smallest absolute Gasteiger partial charge is 0.387 e. The van der Waals surface area contributed by atoms with Gasteiger partial charge in [-0.25, -0.2) is 4.79 Å². The molecule has 3 aromatic rings. The van der Waals surface area contributed by atoms with Crippen molar-refractivity contribution in [3.63, 3.8) is 0 Å². The Hall–Kier alpha value is -3.56. The maximum Gasteiger partial charge on any atom is 0.387 e. The van der Waals surface area contributed by atoms with Crippen molar-refractivity contribution >= 4 is 5.97 Å². The zero-order valence-corrected chi connectivity index (χ0v) is 14.3. The van der Waals surface area contributed by atoms with Crippen LogP contribution in [0, 0.1) is 0 Å². The number of carbonyl (C=O) groups is 1. The highest BCUT2D eigenvalue weighted by Gasteiger charge is 2.18. The molecule has 1 aromatic carbocycles. The molecule has 2 aromatic heterocycles. The van der Waals surface area contributed by atoms with Gasteiger partial charge in [-0.1, -0.05) is 0 Å². The molecule has 0 atom stereocenters. The standard InChI is InChI=1S/C17H14F2N4O4/c1-22-9-11(8-20-22)23-15(24)13(16(25)26-2)7-14(21-23)10-3-5-12(6-4-10)27-17(18)19/h3-9,17H,1-2H3. The van der Waals surface area contributed by atoms with Crippen LogP contribution in [0.25, 0.3) is 16.9 Å². The van der Waals surface area contributed by atoms with Gasteiger partial charge >= 0.3 is 12.6 Å². The number of carbonyl (C=O) groups excluding carboxylic acids is 1. The summed E-state index contributed by atoms with van der Waals surface area (Å²) < 4.78 is 36.0. The molecule has 0 amide bonds. The molecule has 0 N–H and O–H groups in total. The monoisotopic (exact) mass is 376 g/mol. The van der Waals surface area contributed by atoms with E-state index in [0.717, 1.165) is 11.8 Å². The Morgan fingerprint density at radius 1 is 1.22 bits per heavy atom. The SMILES string of the molecule is COC(=O)c1cc(-c2ccc(OC(F)F)cc2)nn(-c2cnn(C)c2)c1=O. The third-order valence-electron chi connectivity index (χ3n) is 3.63. The third-order valence-corrected chi connectivity index (χ3v) is 3.63. The largest absolute Gasteiger partial charge is 0.465 e. The number of aryl methyl sites for hydroxylation is 1. The highest BCUT2D eigenvalue weighted by atomic mass is 19.3. The summed E-state index contributed by atoms with van der Waals surface area (Å²) in [6.07, 6.45) is 2.97. The normalized spacial score (nSPS) is 10.9. The van der Waals surface area contributed by atoms with Crippen molar-refractivity contribution < 1.29 is 23.0 Å². The summed E-state index contributed by atoms with van der Waals surface area (Å²) in [6, 6.07) is 6.92. The number of hydrogen-bond acceptors (Lipinski definition) is 6. The molecule has 0 aliphatic carbocycles. The summed E-state index contributed by atoms with van der Waals surface area (Å²) in [7, 11) is 2.83. The molecule has 0 fully saturated rings. The first-order valence-corrected chi connectivity index (χ1v) is 7.66. The lowest BCUT2D eigenvalue weighted by Crippen LogP contribution is -2.28. The van der Waals surface area contributed by atoms with Gasteiger partial charge in [0.15, 0.2) is 0 Å². The molecule has 27 heavy (non-hydrogen) atoms. The molecular weight excluding hydrogens is 362 g/mol. The first-order valence-electron chi connectivity index (χ1n) is 7.66. The van der Waals surface area contributed by atoms with E-state index in [1.807, 2.05) is 0 Å². The molecule has 3 rings (SSSR count). The van der Waals surface area contributed by atoms with E-state index in [1.54, 1.807) is 13.2 Å². The van der Waals surface area contributed by atoms with Crippen molar-refractivity contribution in [3.05, 3.63) is 58.6 Å². The molecule has 140 valence electrons. The Morgan fingerprint density at radius 3 is 2.48 bits per heavy atom. The van der Waals surface area contributed by atoms with E-state index >= 15 is 0 Å². The highest BCUT2D eigenvalue weighted by Crippen LogP contribution is 2.22. The van der Waals surface area contributed by atoms with Crippen LogP contribution in [0.2, 0.25) is 0 Å². The number of esters is 1. The third kappa shape index (κ3) is 3.84. The Kier molecular flexibility index (Phi) is 4.97. The average Bonchev–Trinajstić information content (AvgIpc) is 3.07. The molecule has 0 aliphatic rings. The Bertz CT molecular complexity index is 1030. The van der Waals surface area contributed by atoms with Crippen LogP contribution < -0.4 is 10.3 Å². The minimum absolute atomic E-state index is 0.0254. The van der Waals surface area contributed by atoms with Gasteiger partial charge in [0, 0.05) is 12.6 Å². The first kappa shape index (κ1) is 18.2. The molecule has 10 heteroatoms. The number of halogens is 2. The Balaban J connectivity index is 2.12. The molecular formula is C17H14F2N4O4. The second-order valence-corrected chi connectivity index (χ2v) is 5.43. The van der Waals surface area contributed by atoms with Gasteiger partial charge in [0.2, 0.25) is 0 Å². The second kappa shape index (κ2) is 7.36. The fourth-order valence-corrected chi connectivity index (χ4v) is 2.39. The number of aromatic nitrogens is 4. The van der Waals surface area contributed by atoms with Crippen LogP contribution in [0.5, 0.6) is 5.75 Å². The predicted octanol–water partition coefficient (Wildman–Crippen LogP) is 2.02. The van der Waals surface area contributed by atoms with Gasteiger partial charge in [-0.2, -0.15) is 23.7 Å². The van der Waals surface area contributed by atoms with Crippen LogP contribution in [0.1, 0.15) is 10.4 Å². The van der Waals surface area contributed by atoms with Crippen molar-refractivity contribution in [3.8, 4) is 22.7 Å². The van der Waals surface area contributed by atoms with Crippen molar-refractivity contribution in [2.24, 2.45) is 7.05 Å². The van der Waals surface area contributed by atoms with E-state index in [4.69, 9.17) is 0 Å². The second-order valence-electron chi connectivity index (χ2n) is 5.43. The first-order chi connectivity index (χ1) is 12.9. The number of benzene rings is 1. The van der Waals surface area contributed by atoms with E-state index in [1.165, 1.54) is 41.2 Å². The van der Waals surface area contributed by atoms with Crippen LogP contribution in [-0.2, 0) is 11.8 Å². The quantitative estimate of drug-likeness (QED) is 0.633. The molecule has 0 radical (unpaired) electrons. The highest BCUT2D eigenvalue weighted by molar-refractivity contribution is 5.90. The van der Waals surface area contributed by atoms with E-state index in [-0.39, 0.29) is 17.0 Å². The van der Waals surface area contributed by atoms with Gasteiger partial charge < -0.3 is 9.47 Å². The molecule has 0 bridgehead atoms. The summed E-state index contributed by atoms with van der Waals surface area (Å²) in [5.41, 5.74) is 0.213. The minimum Gasteiger partial charge on any atom is -0.465 e. The van der Waals surface area contributed by atoms with Gasteiger partial charge in [0.25, 0.3) is 5.56 Å². The fraction of sp³-hybridized carbons (Fsp3) is 0.176. The molecule has 0 saturated heterocycles. The molecule has 8 nitrogen and oxygen atoms in total. The zero-order valence-electron chi connectivity index (χ0n) is 14.3. The fourth-order valence-electron chi connectivity index (χ4n) is 2.39. The topological polar surface area (TPSA) is 88.2 Å².